The molecule has 4 bridgehead atoms. The molecule has 4 fully saturated rings. The molecule has 9 amide bonds. The minimum absolute atomic E-state index is 0.0101. The van der Waals surface area contributed by atoms with Gasteiger partial charge in [-0.15, -0.1) is 0 Å². The first-order chi connectivity index (χ1) is 49.5. The molecule has 0 spiro atoms. The molecule has 6 aromatic rings. The van der Waals surface area contributed by atoms with Gasteiger partial charge in [0.25, 0.3) is 17.7 Å². The van der Waals surface area contributed by atoms with Crippen molar-refractivity contribution < 1.29 is 72.1 Å². The molecule has 2 unspecified atom stereocenters. The molecule has 29 nitrogen and oxygen atoms in total. The third-order valence-corrected chi connectivity index (χ3v) is 22.2. The average molecular weight is 1470 g/mol. The van der Waals surface area contributed by atoms with Gasteiger partial charge in [0.2, 0.25) is 17.7 Å². The number of urea groups is 1. The SMILES string of the molecule is Cc1c(-c2ccc(N3CCc4cccc(C(=O)Nc5nc6cccnc6s5)c4C3)nc2C(=O)O)cnn1CC12CC3(C)CC(C)(C1)CC(OCCN(CCCP(=O)(O)O)C(=O)OCc1ccc(NC(=O)[C@H](CCCNC(N)=O)NC(=O)[C@@H](NC(=O)CCCCCN4C(=O)C=CC4=O)C(C)C)cc1)(C3)C2. The number of unbranched alkanes of at least 4 members (excludes halogenated alkanes) is 2. The molecule has 554 valence electrons. The van der Waals surface area contributed by atoms with Crippen molar-refractivity contribution in [2.45, 2.75) is 162 Å². The van der Waals surface area contributed by atoms with E-state index in [1.165, 1.54) is 28.4 Å². The third-order valence-electron chi connectivity index (χ3n) is 20.4. The van der Waals surface area contributed by atoms with Gasteiger partial charge in [-0.2, -0.15) is 5.10 Å². The van der Waals surface area contributed by atoms with Crippen LogP contribution >= 0.6 is 18.9 Å². The standard InChI is InChI=1S/C73H91N14O15PS/c1-45(2)60(82-57(88)17-7-6-8-30-86-58(89)24-25-59(86)90)64(93)79-54(15-10-28-76-67(74)96)63(92)78-49-20-18-47(19-21-49)37-101-69(97)84(29-12-34-103(98,99)100)32-33-102-73-41-70(4)38-71(5,42-73)40-72(39-70,43-73)44-87-46(3)52(35-77-87)50-22-23-56(81-61(50)66(94)95)85-31-26-48-13-9-14-51(53(48)36-85)62(91)83-68-80-55-16-11-27-75-65(55)104-68/h9,11,13-14,16,18-25,27,35,45,54,60H,6-8,10,12,15,17,26,28-34,36-44H2,1-5H3,(H,78,92)(H,79,93)(H,82,88)(H,94,95)(H3,74,76,96)(H,80,83,91)(H2,98,99,100)/t54-,60-,70?,71?,72?,73?/m0/s1. The Kier molecular flexibility index (Phi) is 23.2. The second-order valence-corrected chi connectivity index (χ2v) is 32.3. The molecule has 12 rings (SSSR count). The number of hydrogen-bond acceptors (Lipinski definition) is 18. The highest BCUT2D eigenvalue weighted by atomic mass is 32.1. The lowest BCUT2D eigenvalue weighted by atomic mass is 9.39. The number of hydrogen-bond donors (Lipinski definition) is 9. The Bertz CT molecular complexity index is 4280. The van der Waals surface area contributed by atoms with Gasteiger partial charge in [0.05, 0.1) is 24.6 Å². The Hall–Kier alpha value is -9.48. The molecule has 4 aromatic heterocycles. The predicted octanol–water partition coefficient (Wildman–Crippen LogP) is 8.61. The van der Waals surface area contributed by atoms with Gasteiger partial charge in [0, 0.05) is 98.7 Å². The number of amides is 9. The molecule has 104 heavy (non-hydrogen) atoms. The number of carboxylic acid groups (broad SMARTS) is 1. The number of nitrogens with one attached hydrogen (secondary N) is 5. The number of carboxylic acids is 1. The number of rotatable bonds is 33. The Morgan fingerprint density at radius 2 is 1.57 bits per heavy atom. The molecule has 6 aliphatic rings. The van der Waals surface area contributed by atoms with Crippen LogP contribution in [0.25, 0.3) is 21.5 Å². The molecular weight excluding hydrogens is 1380 g/mol. The zero-order chi connectivity index (χ0) is 74.3. The number of ether oxygens (including phenoxy) is 2. The van der Waals surface area contributed by atoms with Crippen molar-refractivity contribution in [3.63, 3.8) is 0 Å². The van der Waals surface area contributed by atoms with Crippen LogP contribution in [0.15, 0.2) is 91.3 Å². The highest BCUT2D eigenvalue weighted by Crippen LogP contribution is 2.72. The van der Waals surface area contributed by atoms with Gasteiger partial charge >= 0.3 is 25.7 Å². The fourth-order valence-corrected chi connectivity index (χ4v) is 18.2. The zero-order valence-electron chi connectivity index (χ0n) is 59.1. The number of benzene rings is 2. The van der Waals surface area contributed by atoms with Crippen LogP contribution in [0.3, 0.4) is 0 Å². The number of thiazole rings is 1. The lowest BCUT2D eigenvalue weighted by molar-refractivity contribution is -0.248. The molecular formula is C73H91N14O15PS. The average Bonchev–Trinajstić information content (AvgIpc) is 0.716. The van der Waals surface area contributed by atoms with Crippen molar-refractivity contribution in [3.8, 4) is 11.1 Å². The predicted molar refractivity (Wildman–Crippen MR) is 387 cm³/mol. The van der Waals surface area contributed by atoms with E-state index < -0.39 is 67.3 Å². The van der Waals surface area contributed by atoms with E-state index in [9.17, 15) is 62.6 Å². The number of anilines is 3. The van der Waals surface area contributed by atoms with Gasteiger partial charge in [0.15, 0.2) is 10.8 Å². The third kappa shape index (κ3) is 18.5. The minimum Gasteiger partial charge on any atom is -0.476 e. The van der Waals surface area contributed by atoms with Crippen molar-refractivity contribution >= 4 is 99.5 Å². The van der Waals surface area contributed by atoms with Crippen molar-refractivity contribution in [2.24, 2.45) is 27.9 Å². The molecule has 4 atom stereocenters. The summed E-state index contributed by atoms with van der Waals surface area (Å²) in [5.74, 6) is -3.75. The summed E-state index contributed by atoms with van der Waals surface area (Å²) in [6, 6.07) is 16.5. The van der Waals surface area contributed by atoms with Crippen LogP contribution in [-0.4, -0.2) is 166 Å². The summed E-state index contributed by atoms with van der Waals surface area (Å²) in [5.41, 5.74) is 9.89. The quantitative estimate of drug-likeness (QED) is 0.0106. The molecule has 4 aliphatic carbocycles. The molecule has 4 saturated carbocycles. The van der Waals surface area contributed by atoms with Crippen molar-refractivity contribution in [3.05, 3.63) is 125 Å². The van der Waals surface area contributed by atoms with E-state index in [1.807, 2.05) is 40.8 Å². The van der Waals surface area contributed by atoms with Crippen LogP contribution in [0.2, 0.25) is 0 Å². The van der Waals surface area contributed by atoms with Gasteiger partial charge in [0.1, 0.15) is 34.9 Å². The number of primary amides is 1. The largest absolute Gasteiger partial charge is 0.476 e. The Morgan fingerprint density at radius 3 is 2.27 bits per heavy atom. The zero-order valence-corrected chi connectivity index (χ0v) is 60.8. The van der Waals surface area contributed by atoms with Gasteiger partial charge in [-0.3, -0.25) is 48.2 Å². The second-order valence-electron chi connectivity index (χ2n) is 29.5. The number of aromatic carboxylic acids is 1. The summed E-state index contributed by atoms with van der Waals surface area (Å²) >= 11 is 1.29. The first-order valence-corrected chi connectivity index (χ1v) is 37.9. The maximum absolute atomic E-state index is 14.0. The maximum Gasteiger partial charge on any atom is 0.410 e. The number of nitrogens with zero attached hydrogens (tertiary/aromatic N) is 8. The molecule has 2 aliphatic heterocycles. The number of carbonyl (C=O) groups excluding carboxylic acids is 8. The summed E-state index contributed by atoms with van der Waals surface area (Å²) in [6.45, 7) is 11.8. The van der Waals surface area contributed by atoms with E-state index >= 15 is 0 Å². The summed E-state index contributed by atoms with van der Waals surface area (Å²) in [7, 11) is -4.42. The smallest absolute Gasteiger partial charge is 0.410 e. The normalized spacial score (nSPS) is 20.8. The lowest BCUT2D eigenvalue weighted by Crippen LogP contribution is -2.64. The number of carbonyl (C=O) groups is 9. The van der Waals surface area contributed by atoms with Crippen LogP contribution in [-0.2, 0) is 64.1 Å². The maximum atomic E-state index is 14.0. The molecule has 0 radical (unpaired) electrons. The van der Waals surface area contributed by atoms with Gasteiger partial charge in [-0.05, 0) is 165 Å². The van der Waals surface area contributed by atoms with Gasteiger partial charge in [-0.1, -0.05) is 69.7 Å². The van der Waals surface area contributed by atoms with Crippen molar-refractivity contribution in [1.29, 1.82) is 0 Å². The Balaban J connectivity index is 0.701. The summed E-state index contributed by atoms with van der Waals surface area (Å²) in [6.07, 6.45) is 12.3. The lowest BCUT2D eigenvalue weighted by Gasteiger charge is -2.69. The topological polar surface area (TPSA) is 402 Å². The van der Waals surface area contributed by atoms with Crippen LogP contribution in [0.5, 0.6) is 0 Å². The Labute approximate surface area is 606 Å². The van der Waals surface area contributed by atoms with Crippen LogP contribution in [0.1, 0.15) is 154 Å². The molecule has 6 heterocycles. The molecule has 10 N–H and O–H groups in total. The fourth-order valence-electron chi connectivity index (χ4n) is 16.8. The number of aromatic nitrogens is 5. The van der Waals surface area contributed by atoms with Crippen LogP contribution < -0.4 is 37.2 Å². The fraction of sp³-hybridized carbons (Fsp3) is 0.493. The van der Waals surface area contributed by atoms with Crippen LogP contribution in [0, 0.1) is 29.1 Å². The summed E-state index contributed by atoms with van der Waals surface area (Å²) in [4.78, 5) is 155. The number of imide groups is 1. The van der Waals surface area contributed by atoms with Crippen molar-refractivity contribution in [2.75, 3.05) is 61.0 Å². The first-order valence-electron chi connectivity index (χ1n) is 35.3. The van der Waals surface area contributed by atoms with Crippen molar-refractivity contribution in [1.82, 2.24) is 50.5 Å². The molecule has 0 saturated heterocycles. The monoisotopic (exact) mass is 1470 g/mol. The summed E-state index contributed by atoms with van der Waals surface area (Å²) < 4.78 is 26.9. The van der Waals surface area contributed by atoms with E-state index in [0.29, 0.717) is 101 Å². The van der Waals surface area contributed by atoms with Gasteiger partial charge in [-0.25, -0.2) is 29.3 Å². The van der Waals surface area contributed by atoms with E-state index in [4.69, 9.17) is 25.3 Å². The highest BCUT2D eigenvalue weighted by Gasteiger charge is 2.66. The molecule has 31 heteroatoms. The van der Waals surface area contributed by atoms with Crippen LogP contribution in [0.4, 0.5) is 26.2 Å². The second kappa shape index (κ2) is 31.9. The minimum atomic E-state index is -4.42. The van der Waals surface area contributed by atoms with E-state index in [-0.39, 0.29) is 111 Å². The summed E-state index contributed by atoms with van der Waals surface area (Å²) in [5, 5.41) is 29.9. The van der Waals surface area contributed by atoms with E-state index in [2.05, 4.69) is 50.4 Å². The molecule has 2 aromatic carbocycles. The number of pyridine rings is 2. The number of fused-ring (bicyclic) bond motifs is 2. The Morgan fingerprint density at radius 1 is 0.817 bits per heavy atom. The van der Waals surface area contributed by atoms with E-state index in [1.54, 1.807) is 68.7 Å². The van der Waals surface area contributed by atoms with E-state index in [0.717, 1.165) is 53.8 Å². The highest BCUT2D eigenvalue weighted by molar-refractivity contribution is 7.51. The number of nitrogens with two attached hydrogens (primary N) is 1. The first kappa shape index (κ1) is 75.7. The van der Waals surface area contributed by atoms with Gasteiger partial charge < -0.3 is 61.2 Å².